The smallest absolute Gasteiger partial charge is 0.419 e. The van der Waals surface area contributed by atoms with Crippen molar-refractivity contribution in [3.63, 3.8) is 0 Å². The SMILES string of the molecule is COc1c(C)c2c(c(NC(=O)N(C)C)c1C/C=C(\C)CCC(=O)Oc1ccccc1C(F)(F)F)C(=O)OC2. The Morgan fingerprint density at radius 2 is 1.87 bits per heavy atom. The second kappa shape index (κ2) is 11.6. The van der Waals surface area contributed by atoms with Crippen LogP contribution in [-0.4, -0.2) is 44.1 Å². The van der Waals surface area contributed by atoms with Gasteiger partial charge in [-0.1, -0.05) is 23.8 Å². The van der Waals surface area contributed by atoms with Crippen LogP contribution in [0.4, 0.5) is 23.7 Å². The number of alkyl halides is 3. The van der Waals surface area contributed by atoms with Crippen LogP contribution in [0.15, 0.2) is 35.9 Å². The van der Waals surface area contributed by atoms with Crippen molar-refractivity contribution in [2.45, 2.75) is 45.9 Å². The Labute approximate surface area is 218 Å². The molecule has 0 saturated heterocycles. The molecule has 3 rings (SSSR count). The van der Waals surface area contributed by atoms with Crippen LogP contribution >= 0.6 is 0 Å². The summed E-state index contributed by atoms with van der Waals surface area (Å²) in [5.41, 5.74) is 2.18. The molecule has 0 spiro atoms. The average molecular weight is 535 g/mol. The summed E-state index contributed by atoms with van der Waals surface area (Å²) in [4.78, 5) is 38.6. The minimum Gasteiger partial charge on any atom is -0.496 e. The molecule has 0 aromatic heterocycles. The van der Waals surface area contributed by atoms with Crippen LogP contribution < -0.4 is 14.8 Å². The molecule has 0 radical (unpaired) electrons. The lowest BCUT2D eigenvalue weighted by Gasteiger charge is -2.21. The van der Waals surface area contributed by atoms with Crippen molar-refractivity contribution >= 4 is 23.7 Å². The van der Waals surface area contributed by atoms with E-state index in [4.69, 9.17) is 14.2 Å². The van der Waals surface area contributed by atoms with Gasteiger partial charge in [-0.15, -0.1) is 0 Å². The van der Waals surface area contributed by atoms with Gasteiger partial charge in [0, 0.05) is 31.6 Å². The van der Waals surface area contributed by atoms with E-state index in [0.717, 1.165) is 17.7 Å². The molecule has 1 N–H and O–H groups in total. The van der Waals surface area contributed by atoms with E-state index in [-0.39, 0.29) is 37.1 Å². The van der Waals surface area contributed by atoms with E-state index in [0.29, 0.717) is 22.4 Å². The first-order valence-corrected chi connectivity index (χ1v) is 11.7. The number of carbonyl (C=O) groups is 3. The van der Waals surface area contributed by atoms with Gasteiger partial charge < -0.3 is 24.4 Å². The van der Waals surface area contributed by atoms with E-state index < -0.39 is 35.5 Å². The second-order valence-electron chi connectivity index (χ2n) is 8.99. The van der Waals surface area contributed by atoms with Crippen molar-refractivity contribution in [1.82, 2.24) is 4.90 Å². The summed E-state index contributed by atoms with van der Waals surface area (Å²) in [6.45, 7) is 3.62. The number of halogens is 3. The third-order valence-corrected chi connectivity index (χ3v) is 6.11. The summed E-state index contributed by atoms with van der Waals surface area (Å²) in [5.74, 6) is -1.41. The molecule has 2 aromatic rings. The average Bonchev–Trinajstić information content (AvgIpc) is 3.24. The van der Waals surface area contributed by atoms with Gasteiger partial charge >= 0.3 is 24.1 Å². The highest BCUT2D eigenvalue weighted by Gasteiger charge is 2.35. The van der Waals surface area contributed by atoms with Gasteiger partial charge in [0.15, 0.2) is 0 Å². The van der Waals surface area contributed by atoms with E-state index in [2.05, 4.69) is 5.32 Å². The number of amides is 2. The largest absolute Gasteiger partial charge is 0.496 e. The zero-order valence-corrected chi connectivity index (χ0v) is 21.7. The molecule has 38 heavy (non-hydrogen) atoms. The lowest BCUT2D eigenvalue weighted by molar-refractivity contribution is -0.142. The molecule has 1 aliphatic heterocycles. The van der Waals surface area contributed by atoms with Crippen molar-refractivity contribution in [3.05, 3.63) is 63.7 Å². The summed E-state index contributed by atoms with van der Waals surface area (Å²) < 4.78 is 55.3. The summed E-state index contributed by atoms with van der Waals surface area (Å²) >= 11 is 0. The van der Waals surface area contributed by atoms with Gasteiger partial charge in [0.05, 0.1) is 23.9 Å². The number of esters is 2. The Balaban J connectivity index is 1.81. The Kier molecular flexibility index (Phi) is 8.70. The Morgan fingerprint density at radius 3 is 2.50 bits per heavy atom. The molecule has 204 valence electrons. The standard InChI is InChI=1S/C27H29F3N2O6/c1-15(11-13-21(33)38-20-9-7-6-8-19(20)27(28,29)30)10-12-17-23(31-26(35)32(3)4)22-18(14-37-25(22)34)16(2)24(17)36-5/h6-10H,11-14H2,1-5H3,(H,31,35)/b15-10+. The van der Waals surface area contributed by atoms with Gasteiger partial charge in [0.25, 0.3) is 0 Å². The highest BCUT2D eigenvalue weighted by Crippen LogP contribution is 2.41. The number of benzene rings is 2. The molecule has 0 fully saturated rings. The molecule has 1 heterocycles. The monoisotopic (exact) mass is 534 g/mol. The van der Waals surface area contributed by atoms with E-state index in [1.54, 1.807) is 34.0 Å². The molecule has 1 aliphatic rings. The van der Waals surface area contributed by atoms with E-state index in [1.807, 2.05) is 0 Å². The zero-order valence-electron chi connectivity index (χ0n) is 21.7. The topological polar surface area (TPSA) is 94.2 Å². The van der Waals surface area contributed by atoms with Crippen LogP contribution in [0, 0.1) is 6.92 Å². The van der Waals surface area contributed by atoms with Gasteiger partial charge in [-0.3, -0.25) is 4.79 Å². The van der Waals surface area contributed by atoms with Crippen LogP contribution in [0.5, 0.6) is 11.5 Å². The first kappa shape index (κ1) is 28.5. The van der Waals surface area contributed by atoms with Crippen molar-refractivity contribution in [1.29, 1.82) is 0 Å². The quantitative estimate of drug-likeness (QED) is 0.267. The molecule has 0 unspecified atom stereocenters. The number of allylic oxidation sites excluding steroid dienone is 2. The molecular weight excluding hydrogens is 505 g/mol. The molecule has 0 aliphatic carbocycles. The number of nitrogens with zero attached hydrogens (tertiary/aromatic N) is 1. The van der Waals surface area contributed by atoms with Crippen LogP contribution in [0.25, 0.3) is 0 Å². The number of methoxy groups -OCH3 is 1. The molecule has 0 atom stereocenters. The van der Waals surface area contributed by atoms with E-state index >= 15 is 0 Å². The molecule has 11 heteroatoms. The van der Waals surface area contributed by atoms with Crippen LogP contribution in [0.1, 0.15) is 52.4 Å². The summed E-state index contributed by atoms with van der Waals surface area (Å²) in [7, 11) is 4.61. The Bertz CT molecular complexity index is 1280. The number of urea groups is 1. The van der Waals surface area contributed by atoms with Gasteiger partial charge in [0.2, 0.25) is 0 Å². The van der Waals surface area contributed by atoms with E-state index in [9.17, 15) is 27.6 Å². The highest BCUT2D eigenvalue weighted by atomic mass is 19.4. The number of rotatable bonds is 8. The number of hydrogen-bond acceptors (Lipinski definition) is 6. The lowest BCUT2D eigenvalue weighted by atomic mass is 9.93. The van der Waals surface area contributed by atoms with Crippen molar-refractivity contribution in [2.24, 2.45) is 0 Å². The predicted octanol–water partition coefficient (Wildman–Crippen LogP) is 5.66. The summed E-state index contributed by atoms with van der Waals surface area (Å²) in [5, 5.41) is 2.77. The minimum absolute atomic E-state index is 0.0654. The lowest BCUT2D eigenvalue weighted by Crippen LogP contribution is -2.29. The van der Waals surface area contributed by atoms with Gasteiger partial charge in [-0.25, -0.2) is 9.59 Å². The maximum atomic E-state index is 13.2. The minimum atomic E-state index is -4.65. The Morgan fingerprint density at radius 1 is 1.18 bits per heavy atom. The van der Waals surface area contributed by atoms with Gasteiger partial charge in [-0.05, 0) is 44.4 Å². The number of anilines is 1. The predicted molar refractivity (Wildman–Crippen MR) is 133 cm³/mol. The van der Waals surface area contributed by atoms with Crippen molar-refractivity contribution in [2.75, 3.05) is 26.5 Å². The number of para-hydroxylation sites is 1. The third-order valence-electron chi connectivity index (χ3n) is 6.11. The van der Waals surface area contributed by atoms with Crippen LogP contribution in [-0.2, 0) is 28.7 Å². The highest BCUT2D eigenvalue weighted by molar-refractivity contribution is 6.05. The number of carbonyl (C=O) groups excluding carboxylic acids is 3. The second-order valence-corrected chi connectivity index (χ2v) is 8.99. The fraction of sp³-hybridized carbons (Fsp3) is 0.370. The number of nitrogens with one attached hydrogen (secondary N) is 1. The molecule has 0 bridgehead atoms. The normalized spacial score (nSPS) is 13.1. The maximum absolute atomic E-state index is 13.2. The number of hydrogen-bond donors (Lipinski definition) is 1. The van der Waals surface area contributed by atoms with Gasteiger partial charge in [-0.2, -0.15) is 13.2 Å². The molecule has 2 amide bonds. The third kappa shape index (κ3) is 6.27. The summed E-state index contributed by atoms with van der Waals surface area (Å²) in [6, 6.07) is 4.08. The van der Waals surface area contributed by atoms with Crippen molar-refractivity contribution < 1.29 is 41.8 Å². The van der Waals surface area contributed by atoms with Crippen LogP contribution in [0.2, 0.25) is 0 Å². The van der Waals surface area contributed by atoms with Gasteiger partial charge in [0.1, 0.15) is 18.1 Å². The van der Waals surface area contributed by atoms with Crippen LogP contribution in [0.3, 0.4) is 0 Å². The fourth-order valence-electron chi connectivity index (χ4n) is 4.05. The number of fused-ring (bicyclic) bond motifs is 1. The first-order valence-electron chi connectivity index (χ1n) is 11.7. The molecule has 0 saturated carbocycles. The Hall–Kier alpha value is -4.02. The maximum Gasteiger partial charge on any atom is 0.419 e. The number of cyclic esters (lactones) is 1. The molecular formula is C27H29F3N2O6. The molecule has 2 aromatic carbocycles. The summed E-state index contributed by atoms with van der Waals surface area (Å²) in [6.07, 6.45) is -2.53. The molecule has 8 nitrogen and oxygen atoms in total. The van der Waals surface area contributed by atoms with E-state index in [1.165, 1.54) is 24.1 Å². The number of ether oxygens (including phenoxy) is 3. The van der Waals surface area contributed by atoms with Crippen molar-refractivity contribution in [3.8, 4) is 11.5 Å². The zero-order chi connectivity index (χ0) is 28.2. The fourth-order valence-corrected chi connectivity index (χ4v) is 4.05. The first-order chi connectivity index (χ1) is 17.8.